The van der Waals surface area contributed by atoms with E-state index in [4.69, 9.17) is 20.4 Å². The van der Waals surface area contributed by atoms with Crippen molar-refractivity contribution >= 4 is 0 Å². The summed E-state index contributed by atoms with van der Waals surface area (Å²) in [5.74, 6) is 0.322. The van der Waals surface area contributed by atoms with E-state index in [-0.39, 0.29) is 51.9 Å². The van der Waals surface area contributed by atoms with E-state index in [0.717, 1.165) is 0 Å². The molecule has 1 radical (unpaired) electrons. The molecule has 1 N–H and O–H groups in total. The quantitative estimate of drug-likeness (QED) is 0.345. The van der Waals surface area contributed by atoms with Gasteiger partial charge in [-0.25, -0.2) is 0 Å². The first-order chi connectivity index (χ1) is 5.13. The second kappa shape index (κ2) is 12.0. The van der Waals surface area contributed by atoms with Gasteiger partial charge in [-0.1, -0.05) is 18.2 Å². The van der Waals surface area contributed by atoms with Crippen LogP contribution in [0.15, 0.2) is 30.3 Å². The smallest absolute Gasteiger partial charge is 0.508 e. The largest absolute Gasteiger partial charge is 1.00 e. The SMILES string of the molecule is O=[N+]([O-])[O-].Oc1ccccc1.[Ag].[Na+]. The molecule has 0 aromatic heterocycles. The molecule has 13 heavy (non-hydrogen) atoms. The maximum absolute atomic E-state index is 8.63. The first-order valence-electron chi connectivity index (χ1n) is 2.68. The normalized spacial score (nSPS) is 6.46. The third-order valence-electron chi connectivity index (χ3n) is 0.756. The zero-order valence-corrected chi connectivity index (χ0v) is 10.3. The van der Waals surface area contributed by atoms with Crippen LogP contribution >= 0.6 is 0 Å². The zero-order chi connectivity index (χ0) is 8.69. The van der Waals surface area contributed by atoms with Crippen LogP contribution in [0.2, 0.25) is 0 Å². The number of hydrogen-bond acceptors (Lipinski definition) is 4. The summed E-state index contributed by atoms with van der Waals surface area (Å²) >= 11 is 0. The van der Waals surface area contributed by atoms with Crippen LogP contribution in [0.25, 0.3) is 0 Å². The molecule has 71 valence electrons. The molecule has 0 spiro atoms. The summed E-state index contributed by atoms with van der Waals surface area (Å²) < 4.78 is 0. The van der Waals surface area contributed by atoms with E-state index in [1.807, 2.05) is 6.07 Å². The second-order valence-electron chi connectivity index (χ2n) is 1.56. The average molecular weight is 287 g/mol. The van der Waals surface area contributed by atoms with Gasteiger partial charge in [-0.3, -0.25) is 0 Å². The minimum atomic E-state index is -1.75. The first-order valence-corrected chi connectivity index (χ1v) is 2.68. The Kier molecular flexibility index (Phi) is 17.2. The van der Waals surface area contributed by atoms with Crippen molar-refractivity contribution in [3.05, 3.63) is 45.7 Å². The van der Waals surface area contributed by atoms with E-state index in [2.05, 4.69) is 0 Å². The van der Waals surface area contributed by atoms with Gasteiger partial charge in [0.1, 0.15) is 5.75 Å². The van der Waals surface area contributed by atoms with Crippen molar-refractivity contribution in [2.75, 3.05) is 0 Å². The van der Waals surface area contributed by atoms with E-state index < -0.39 is 5.09 Å². The van der Waals surface area contributed by atoms with Crippen LogP contribution in [-0.2, 0) is 22.4 Å². The van der Waals surface area contributed by atoms with Gasteiger partial charge in [-0.15, -0.1) is 0 Å². The molecule has 0 aliphatic heterocycles. The molecule has 5 nitrogen and oxygen atoms in total. The summed E-state index contributed by atoms with van der Waals surface area (Å²) in [7, 11) is 0. The van der Waals surface area contributed by atoms with Crippen molar-refractivity contribution in [3.8, 4) is 5.75 Å². The fourth-order valence-electron chi connectivity index (χ4n) is 0.428. The number of phenols is 1. The van der Waals surface area contributed by atoms with E-state index >= 15 is 0 Å². The number of para-hydroxylation sites is 1. The molecule has 0 bridgehead atoms. The second-order valence-corrected chi connectivity index (χ2v) is 1.56. The minimum absolute atomic E-state index is 0. The fourth-order valence-corrected chi connectivity index (χ4v) is 0.428. The van der Waals surface area contributed by atoms with Crippen molar-refractivity contribution in [2.24, 2.45) is 0 Å². The van der Waals surface area contributed by atoms with Crippen LogP contribution in [0.5, 0.6) is 5.75 Å². The van der Waals surface area contributed by atoms with Gasteiger partial charge >= 0.3 is 29.6 Å². The number of nitrogens with zero attached hydrogens (tertiary/aromatic N) is 1. The predicted molar refractivity (Wildman–Crippen MR) is 38.5 cm³/mol. The fraction of sp³-hybridized carbons (Fsp3) is 0. The number of benzene rings is 1. The Bertz CT molecular complexity index is 217. The Morgan fingerprint density at radius 2 is 1.46 bits per heavy atom. The van der Waals surface area contributed by atoms with Crippen molar-refractivity contribution in [1.29, 1.82) is 0 Å². The van der Waals surface area contributed by atoms with Crippen LogP contribution < -0.4 is 29.6 Å². The Hall–Kier alpha value is -0.0397. The summed E-state index contributed by atoms with van der Waals surface area (Å²) in [6.45, 7) is 0. The monoisotopic (exact) mass is 286 g/mol. The van der Waals surface area contributed by atoms with Crippen LogP contribution in [0.3, 0.4) is 0 Å². The average Bonchev–Trinajstić information content (AvgIpc) is 1.87. The summed E-state index contributed by atoms with van der Waals surface area (Å²) in [4.78, 5) is 8.25. The number of rotatable bonds is 0. The van der Waals surface area contributed by atoms with Gasteiger partial charge in [0.2, 0.25) is 0 Å². The molecule has 1 rings (SSSR count). The van der Waals surface area contributed by atoms with Crippen molar-refractivity contribution < 1.29 is 62.1 Å². The third kappa shape index (κ3) is 18.7. The van der Waals surface area contributed by atoms with Gasteiger partial charge in [-0.2, -0.15) is 0 Å². The Labute approximate surface area is 113 Å². The molecule has 0 atom stereocenters. The molecule has 0 aliphatic rings. The van der Waals surface area contributed by atoms with Crippen molar-refractivity contribution in [1.82, 2.24) is 0 Å². The summed E-state index contributed by atoms with van der Waals surface area (Å²) in [5, 5.41) is 23.4. The van der Waals surface area contributed by atoms with Crippen LogP contribution in [0.4, 0.5) is 0 Å². The number of phenolic OH excluding ortho intramolecular Hbond substituents is 1. The molecule has 0 aliphatic carbocycles. The molecule has 1 aromatic carbocycles. The van der Waals surface area contributed by atoms with E-state index in [1.54, 1.807) is 24.3 Å². The van der Waals surface area contributed by atoms with Crippen molar-refractivity contribution in [2.45, 2.75) is 0 Å². The Balaban J connectivity index is -0.000000150. The molecular formula is C6H6AgNNaO4. The Morgan fingerprint density at radius 3 is 1.62 bits per heavy atom. The first kappa shape index (κ1) is 18.7. The van der Waals surface area contributed by atoms with Crippen molar-refractivity contribution in [3.63, 3.8) is 0 Å². The summed E-state index contributed by atoms with van der Waals surface area (Å²) in [6.07, 6.45) is 0. The minimum Gasteiger partial charge on any atom is -0.508 e. The predicted octanol–water partition coefficient (Wildman–Crippen LogP) is -1.85. The van der Waals surface area contributed by atoms with Gasteiger partial charge in [-0.05, 0) is 12.1 Å². The van der Waals surface area contributed by atoms with Gasteiger partial charge in [0.05, 0.1) is 5.09 Å². The molecule has 0 heterocycles. The summed E-state index contributed by atoms with van der Waals surface area (Å²) in [5.41, 5.74) is 0. The molecule has 0 amide bonds. The van der Waals surface area contributed by atoms with Crippen LogP contribution in [0, 0.1) is 15.3 Å². The molecule has 0 saturated heterocycles. The van der Waals surface area contributed by atoms with E-state index in [9.17, 15) is 0 Å². The molecule has 0 saturated carbocycles. The van der Waals surface area contributed by atoms with Crippen LogP contribution in [0.1, 0.15) is 0 Å². The third-order valence-corrected chi connectivity index (χ3v) is 0.756. The molecular weight excluding hydrogens is 281 g/mol. The van der Waals surface area contributed by atoms with Gasteiger partial charge in [0.25, 0.3) is 0 Å². The Morgan fingerprint density at radius 1 is 1.15 bits per heavy atom. The zero-order valence-electron chi connectivity index (χ0n) is 6.81. The molecule has 0 unspecified atom stereocenters. The summed E-state index contributed by atoms with van der Waals surface area (Å²) in [6, 6.07) is 8.71. The topological polar surface area (TPSA) is 86.4 Å². The standard InChI is InChI=1S/C6H6O.Ag.NO3.Na/c7-6-4-2-1-3-5-6;;2-1(3)4;/h1-5,7H;;;/q;;-1;+1. The van der Waals surface area contributed by atoms with Gasteiger partial charge in [0.15, 0.2) is 0 Å². The van der Waals surface area contributed by atoms with Crippen LogP contribution in [-0.4, -0.2) is 10.2 Å². The van der Waals surface area contributed by atoms with E-state index in [1.165, 1.54) is 0 Å². The maximum atomic E-state index is 8.63. The molecule has 7 heteroatoms. The van der Waals surface area contributed by atoms with Gasteiger partial charge < -0.3 is 20.4 Å². The molecule has 0 fully saturated rings. The number of aromatic hydroxyl groups is 1. The molecule has 1 aromatic rings. The van der Waals surface area contributed by atoms with E-state index in [0.29, 0.717) is 5.75 Å². The van der Waals surface area contributed by atoms with Gasteiger partial charge in [0, 0.05) is 22.4 Å². The number of hydrogen-bond donors (Lipinski definition) is 1. The maximum Gasteiger partial charge on any atom is 1.00 e.